The fourth-order valence-corrected chi connectivity index (χ4v) is 2.97. The molecule has 0 fully saturated rings. The molecule has 0 aromatic heterocycles. The zero-order valence-corrected chi connectivity index (χ0v) is 16.3. The molecule has 3 aromatic carbocycles. The highest BCUT2D eigenvalue weighted by atomic mass is 19.1. The Morgan fingerprint density at radius 2 is 1.59 bits per heavy atom. The third-order valence-corrected chi connectivity index (χ3v) is 4.45. The van der Waals surface area contributed by atoms with Crippen molar-refractivity contribution in [2.24, 2.45) is 4.99 Å². The third kappa shape index (κ3) is 6.01. The van der Waals surface area contributed by atoms with Crippen molar-refractivity contribution in [2.45, 2.75) is 13.0 Å². The molecule has 0 aliphatic rings. The van der Waals surface area contributed by atoms with E-state index < -0.39 is 11.7 Å². The fourth-order valence-electron chi connectivity index (χ4n) is 2.97. The first-order valence-corrected chi connectivity index (χ1v) is 9.41. The van der Waals surface area contributed by atoms with Crippen molar-refractivity contribution in [1.29, 1.82) is 0 Å². The molecule has 0 saturated carbocycles. The van der Waals surface area contributed by atoms with E-state index in [4.69, 9.17) is 4.74 Å². The first-order chi connectivity index (χ1) is 14.2. The Kier molecular flexibility index (Phi) is 7.11. The molecule has 29 heavy (non-hydrogen) atoms. The number of hydrogen-bond donors (Lipinski definition) is 0. The van der Waals surface area contributed by atoms with Crippen LogP contribution in [0, 0.1) is 5.82 Å². The first kappa shape index (κ1) is 20.3. The van der Waals surface area contributed by atoms with Gasteiger partial charge in [-0.2, -0.15) is 4.99 Å². The molecule has 0 aliphatic carbocycles. The molecular formula is C24H23FN2O2. The molecule has 0 aliphatic heterocycles. The van der Waals surface area contributed by atoms with Crippen molar-refractivity contribution in [3.63, 3.8) is 0 Å². The minimum Gasteiger partial charge on any atom is -0.468 e. The summed E-state index contributed by atoms with van der Waals surface area (Å²) in [5.74, 6) is -1.02. The summed E-state index contributed by atoms with van der Waals surface area (Å²) < 4.78 is 18.9. The van der Waals surface area contributed by atoms with Crippen LogP contribution in [0.4, 0.5) is 4.39 Å². The van der Waals surface area contributed by atoms with Gasteiger partial charge in [0.25, 0.3) is 11.9 Å². The van der Waals surface area contributed by atoms with Gasteiger partial charge in [0.1, 0.15) is 5.82 Å². The van der Waals surface area contributed by atoms with Crippen molar-refractivity contribution < 1.29 is 13.9 Å². The lowest BCUT2D eigenvalue weighted by Gasteiger charge is -2.24. The molecule has 0 saturated heterocycles. The largest absolute Gasteiger partial charge is 0.468 e. The van der Waals surface area contributed by atoms with Gasteiger partial charge in [-0.15, -0.1) is 0 Å². The number of carbonyl (C=O) groups excluding carboxylic acids is 1. The zero-order valence-electron chi connectivity index (χ0n) is 16.3. The topological polar surface area (TPSA) is 41.9 Å². The first-order valence-electron chi connectivity index (χ1n) is 9.41. The van der Waals surface area contributed by atoms with E-state index in [2.05, 4.69) is 17.1 Å². The maximum Gasteiger partial charge on any atom is 0.295 e. The molecule has 3 aromatic rings. The van der Waals surface area contributed by atoms with Crippen LogP contribution in [-0.2, 0) is 17.7 Å². The number of amides is 1. The van der Waals surface area contributed by atoms with Crippen LogP contribution in [0.2, 0.25) is 0 Å². The molecule has 0 N–H and O–H groups in total. The van der Waals surface area contributed by atoms with E-state index in [1.807, 2.05) is 53.4 Å². The van der Waals surface area contributed by atoms with Gasteiger partial charge in [-0.05, 0) is 35.7 Å². The van der Waals surface area contributed by atoms with Crippen molar-refractivity contribution in [3.05, 3.63) is 107 Å². The van der Waals surface area contributed by atoms with Gasteiger partial charge < -0.3 is 9.64 Å². The van der Waals surface area contributed by atoms with Gasteiger partial charge in [0, 0.05) is 18.7 Å². The number of amidine groups is 1. The van der Waals surface area contributed by atoms with Gasteiger partial charge in [-0.25, -0.2) is 4.39 Å². The number of methoxy groups -OCH3 is 1. The molecule has 0 radical (unpaired) electrons. The SMILES string of the molecule is COC(=NC(=O)c1cccc(F)c1)N(CCc1ccccc1)Cc1ccccc1. The van der Waals surface area contributed by atoms with Crippen molar-refractivity contribution in [3.8, 4) is 0 Å². The van der Waals surface area contributed by atoms with Crippen LogP contribution >= 0.6 is 0 Å². The second kappa shape index (κ2) is 10.2. The number of halogens is 1. The number of ether oxygens (including phenoxy) is 1. The molecule has 3 rings (SSSR count). The summed E-state index contributed by atoms with van der Waals surface area (Å²) in [6.45, 7) is 1.15. The summed E-state index contributed by atoms with van der Waals surface area (Å²) in [5, 5.41) is 0. The third-order valence-electron chi connectivity index (χ3n) is 4.45. The standard InChI is InChI=1S/C24H23FN2O2/c1-29-24(26-23(28)21-13-8-14-22(25)17-21)27(18-20-11-6-3-7-12-20)16-15-19-9-4-2-5-10-19/h2-14,17H,15-16,18H2,1H3. The van der Waals surface area contributed by atoms with Gasteiger partial charge in [-0.1, -0.05) is 66.7 Å². The molecule has 148 valence electrons. The lowest BCUT2D eigenvalue weighted by Crippen LogP contribution is -2.34. The molecule has 4 nitrogen and oxygen atoms in total. The highest BCUT2D eigenvalue weighted by molar-refractivity contribution is 6.01. The molecule has 0 unspecified atom stereocenters. The second-order valence-corrected chi connectivity index (χ2v) is 6.56. The summed E-state index contributed by atoms with van der Waals surface area (Å²) in [4.78, 5) is 18.6. The van der Waals surface area contributed by atoms with Crippen LogP contribution in [0.3, 0.4) is 0 Å². The Bertz CT molecular complexity index is 959. The van der Waals surface area contributed by atoms with Crippen molar-refractivity contribution >= 4 is 11.9 Å². The van der Waals surface area contributed by atoms with Crippen LogP contribution in [0.15, 0.2) is 89.9 Å². The number of hydrogen-bond acceptors (Lipinski definition) is 2. The summed E-state index contributed by atoms with van der Waals surface area (Å²) >= 11 is 0. The van der Waals surface area contributed by atoms with Crippen molar-refractivity contribution in [1.82, 2.24) is 4.90 Å². The van der Waals surface area contributed by atoms with E-state index in [0.29, 0.717) is 13.1 Å². The van der Waals surface area contributed by atoms with Crippen LogP contribution < -0.4 is 0 Å². The Balaban J connectivity index is 1.83. The molecule has 5 heteroatoms. The van der Waals surface area contributed by atoms with Crippen LogP contribution in [0.5, 0.6) is 0 Å². The van der Waals surface area contributed by atoms with Gasteiger partial charge in [0.15, 0.2) is 0 Å². The number of rotatable bonds is 6. The maximum absolute atomic E-state index is 13.5. The summed E-state index contributed by atoms with van der Waals surface area (Å²) in [6, 6.07) is 25.7. The van der Waals surface area contributed by atoms with Crippen LogP contribution in [0.25, 0.3) is 0 Å². The Hall–Kier alpha value is -3.47. The van der Waals surface area contributed by atoms with E-state index >= 15 is 0 Å². The predicted molar refractivity (Wildman–Crippen MR) is 112 cm³/mol. The van der Waals surface area contributed by atoms with Gasteiger partial charge >= 0.3 is 0 Å². The van der Waals surface area contributed by atoms with E-state index in [-0.39, 0.29) is 11.6 Å². The van der Waals surface area contributed by atoms with Crippen LogP contribution in [-0.4, -0.2) is 30.5 Å². The minimum absolute atomic E-state index is 0.183. The van der Waals surface area contributed by atoms with Crippen LogP contribution in [0.1, 0.15) is 21.5 Å². The maximum atomic E-state index is 13.5. The number of aliphatic imine (C=N–C) groups is 1. The van der Waals surface area contributed by atoms with E-state index in [9.17, 15) is 9.18 Å². The minimum atomic E-state index is -0.542. The molecule has 1 amide bonds. The smallest absolute Gasteiger partial charge is 0.295 e. The zero-order chi connectivity index (χ0) is 20.5. The monoisotopic (exact) mass is 390 g/mol. The van der Waals surface area contributed by atoms with Crippen molar-refractivity contribution in [2.75, 3.05) is 13.7 Å². The average molecular weight is 390 g/mol. The second-order valence-electron chi connectivity index (χ2n) is 6.56. The highest BCUT2D eigenvalue weighted by Crippen LogP contribution is 2.11. The quantitative estimate of drug-likeness (QED) is 0.452. The summed E-state index contributed by atoms with van der Waals surface area (Å²) in [6.07, 6.45) is 0.768. The molecular weight excluding hydrogens is 367 g/mol. The average Bonchev–Trinajstić information content (AvgIpc) is 2.76. The predicted octanol–water partition coefficient (Wildman–Crippen LogP) is 4.71. The number of benzene rings is 3. The molecule has 0 heterocycles. The lowest BCUT2D eigenvalue weighted by atomic mass is 10.1. The highest BCUT2D eigenvalue weighted by Gasteiger charge is 2.16. The normalized spacial score (nSPS) is 11.2. The van der Waals surface area contributed by atoms with Gasteiger partial charge in [0.2, 0.25) is 0 Å². The summed E-state index contributed by atoms with van der Waals surface area (Å²) in [7, 11) is 1.48. The summed E-state index contributed by atoms with van der Waals surface area (Å²) in [5.41, 5.74) is 2.43. The fraction of sp³-hybridized carbons (Fsp3) is 0.167. The lowest BCUT2D eigenvalue weighted by molar-refractivity contribution is 0.0995. The Morgan fingerprint density at radius 1 is 0.931 bits per heavy atom. The number of carbonyl (C=O) groups is 1. The molecule has 0 bridgehead atoms. The molecule has 0 spiro atoms. The Labute approximate surface area is 170 Å². The van der Waals surface area contributed by atoms with E-state index in [1.54, 1.807) is 0 Å². The number of nitrogens with zero attached hydrogens (tertiary/aromatic N) is 2. The van der Waals surface area contributed by atoms with Gasteiger partial charge in [-0.3, -0.25) is 4.79 Å². The van der Waals surface area contributed by atoms with Gasteiger partial charge in [0.05, 0.1) is 7.11 Å². The van der Waals surface area contributed by atoms with E-state index in [1.165, 1.54) is 36.9 Å². The van der Waals surface area contributed by atoms with E-state index in [0.717, 1.165) is 12.0 Å². The Morgan fingerprint density at radius 3 is 2.21 bits per heavy atom. The molecule has 0 atom stereocenters.